The van der Waals surface area contributed by atoms with E-state index >= 15 is 0 Å². The Hall–Kier alpha value is -1.35. The van der Waals surface area contributed by atoms with Crippen LogP contribution in [0.15, 0.2) is 30.5 Å². The molecule has 2 N–H and O–H groups in total. The smallest absolute Gasteiger partial charge is 0.123 e. The topological polar surface area (TPSA) is 30.9 Å². The van der Waals surface area contributed by atoms with Gasteiger partial charge in [0.15, 0.2) is 0 Å². The molecule has 0 unspecified atom stereocenters. The molecular weight excluding hydrogens is 215 g/mol. The number of rotatable bonds is 4. The fraction of sp³-hybridized carbons (Fsp3) is 0.429. The van der Waals surface area contributed by atoms with Crippen molar-refractivity contribution in [3.05, 3.63) is 36.3 Å². The Bertz CT molecular complexity index is 514. The average Bonchev–Trinajstić information content (AvgIpc) is 2.69. The summed E-state index contributed by atoms with van der Waals surface area (Å²) in [6.07, 6.45) is 3.03. The second-order valence-corrected chi connectivity index (χ2v) is 5.33. The number of nitrogens with two attached hydrogens (primary N) is 1. The summed E-state index contributed by atoms with van der Waals surface area (Å²) in [7, 11) is 0. The molecule has 92 valence electrons. The van der Waals surface area contributed by atoms with Gasteiger partial charge in [-0.05, 0) is 42.6 Å². The molecule has 17 heavy (non-hydrogen) atoms. The molecule has 0 aliphatic rings. The zero-order chi connectivity index (χ0) is 12.5. The summed E-state index contributed by atoms with van der Waals surface area (Å²) in [4.78, 5) is 0. The highest BCUT2D eigenvalue weighted by Crippen LogP contribution is 2.22. The van der Waals surface area contributed by atoms with Crippen molar-refractivity contribution < 1.29 is 4.39 Å². The number of aromatic nitrogens is 1. The molecule has 0 saturated heterocycles. The van der Waals surface area contributed by atoms with E-state index < -0.39 is 0 Å². The summed E-state index contributed by atoms with van der Waals surface area (Å²) >= 11 is 0. The highest BCUT2D eigenvalue weighted by atomic mass is 19.1. The maximum Gasteiger partial charge on any atom is 0.123 e. The van der Waals surface area contributed by atoms with E-state index in [0.717, 1.165) is 23.9 Å². The van der Waals surface area contributed by atoms with Crippen LogP contribution in [0.1, 0.15) is 20.3 Å². The third kappa shape index (κ3) is 2.67. The minimum Gasteiger partial charge on any atom is -0.347 e. The summed E-state index contributed by atoms with van der Waals surface area (Å²) in [6.45, 7) is 5.93. The Morgan fingerprint density at radius 2 is 2.06 bits per heavy atom. The van der Waals surface area contributed by atoms with Crippen LogP contribution in [0, 0.1) is 11.2 Å². The van der Waals surface area contributed by atoms with Gasteiger partial charge in [0.1, 0.15) is 5.82 Å². The van der Waals surface area contributed by atoms with Crippen LogP contribution in [0.3, 0.4) is 0 Å². The lowest BCUT2D eigenvalue weighted by Gasteiger charge is -2.22. The summed E-state index contributed by atoms with van der Waals surface area (Å²) < 4.78 is 15.2. The van der Waals surface area contributed by atoms with Gasteiger partial charge in [0.05, 0.1) is 0 Å². The average molecular weight is 234 g/mol. The fourth-order valence-corrected chi connectivity index (χ4v) is 1.89. The Morgan fingerprint density at radius 3 is 2.76 bits per heavy atom. The third-order valence-corrected chi connectivity index (χ3v) is 3.32. The van der Waals surface area contributed by atoms with Crippen molar-refractivity contribution in [2.75, 3.05) is 6.54 Å². The van der Waals surface area contributed by atoms with E-state index in [0.29, 0.717) is 6.54 Å². The third-order valence-electron chi connectivity index (χ3n) is 3.32. The van der Waals surface area contributed by atoms with Crippen LogP contribution >= 0.6 is 0 Å². The molecular formula is C14H19FN2. The van der Waals surface area contributed by atoms with E-state index in [1.165, 1.54) is 6.07 Å². The fourth-order valence-electron chi connectivity index (χ4n) is 1.89. The van der Waals surface area contributed by atoms with Crippen LogP contribution in [0.5, 0.6) is 0 Å². The van der Waals surface area contributed by atoms with Crippen LogP contribution < -0.4 is 5.73 Å². The number of benzene rings is 1. The van der Waals surface area contributed by atoms with Crippen LogP contribution in [0.4, 0.5) is 4.39 Å². The number of halogens is 1. The number of nitrogens with zero attached hydrogens (tertiary/aromatic N) is 1. The molecule has 0 atom stereocenters. The Balaban J connectivity index is 2.20. The van der Waals surface area contributed by atoms with Gasteiger partial charge in [-0.2, -0.15) is 0 Å². The van der Waals surface area contributed by atoms with Gasteiger partial charge in [-0.15, -0.1) is 0 Å². The molecule has 0 fully saturated rings. The summed E-state index contributed by atoms with van der Waals surface area (Å²) in [6, 6.07) is 6.86. The van der Waals surface area contributed by atoms with Gasteiger partial charge in [-0.3, -0.25) is 0 Å². The molecule has 2 aromatic rings. The summed E-state index contributed by atoms with van der Waals surface area (Å²) in [5, 5.41) is 0.954. The number of aryl methyl sites for hydroxylation is 1. The number of hydrogen-bond acceptors (Lipinski definition) is 1. The van der Waals surface area contributed by atoms with Gasteiger partial charge in [-0.25, -0.2) is 4.39 Å². The minimum atomic E-state index is -0.183. The normalized spacial score (nSPS) is 12.2. The summed E-state index contributed by atoms with van der Waals surface area (Å²) in [5.74, 6) is -0.183. The molecule has 1 aromatic heterocycles. The van der Waals surface area contributed by atoms with E-state index in [2.05, 4.69) is 18.4 Å². The highest BCUT2D eigenvalue weighted by molar-refractivity contribution is 5.80. The molecule has 0 spiro atoms. The first kappa shape index (κ1) is 12.1. The SMILES string of the molecule is CC(C)(CN)CCn1ccc2cc(F)ccc21. The molecule has 0 radical (unpaired) electrons. The molecule has 1 heterocycles. The van der Waals surface area contributed by atoms with Crippen molar-refractivity contribution in [1.29, 1.82) is 0 Å². The van der Waals surface area contributed by atoms with Crippen LogP contribution in [0.25, 0.3) is 10.9 Å². The van der Waals surface area contributed by atoms with Crippen LogP contribution in [-0.2, 0) is 6.54 Å². The molecule has 0 saturated carbocycles. The molecule has 0 aliphatic heterocycles. The van der Waals surface area contributed by atoms with Gasteiger partial charge in [-0.1, -0.05) is 13.8 Å². The molecule has 1 aromatic carbocycles. The van der Waals surface area contributed by atoms with Crippen molar-refractivity contribution in [3.63, 3.8) is 0 Å². The lowest BCUT2D eigenvalue weighted by atomic mass is 9.90. The second kappa shape index (κ2) is 4.49. The molecule has 2 rings (SSSR count). The molecule has 2 nitrogen and oxygen atoms in total. The monoisotopic (exact) mass is 234 g/mol. The van der Waals surface area contributed by atoms with Gasteiger partial charge >= 0.3 is 0 Å². The lowest BCUT2D eigenvalue weighted by Crippen LogP contribution is -2.24. The van der Waals surface area contributed by atoms with Crippen LogP contribution in [0.2, 0.25) is 0 Å². The van der Waals surface area contributed by atoms with E-state index in [1.807, 2.05) is 18.3 Å². The quantitative estimate of drug-likeness (QED) is 0.865. The van der Waals surface area contributed by atoms with Gasteiger partial charge < -0.3 is 10.3 Å². The Kier molecular flexibility index (Phi) is 3.20. The lowest BCUT2D eigenvalue weighted by molar-refractivity contribution is 0.327. The van der Waals surface area contributed by atoms with Gasteiger partial charge in [0.25, 0.3) is 0 Å². The first-order chi connectivity index (χ1) is 8.02. The van der Waals surface area contributed by atoms with Crippen molar-refractivity contribution >= 4 is 10.9 Å². The van der Waals surface area contributed by atoms with E-state index in [-0.39, 0.29) is 11.2 Å². The number of fused-ring (bicyclic) bond motifs is 1. The van der Waals surface area contributed by atoms with Crippen molar-refractivity contribution in [2.24, 2.45) is 11.1 Å². The van der Waals surface area contributed by atoms with E-state index in [1.54, 1.807) is 6.07 Å². The first-order valence-corrected chi connectivity index (χ1v) is 5.96. The molecule has 0 bridgehead atoms. The van der Waals surface area contributed by atoms with Gasteiger partial charge in [0.2, 0.25) is 0 Å². The molecule has 3 heteroatoms. The second-order valence-electron chi connectivity index (χ2n) is 5.33. The molecule has 0 amide bonds. The highest BCUT2D eigenvalue weighted by Gasteiger charge is 2.15. The zero-order valence-corrected chi connectivity index (χ0v) is 10.4. The van der Waals surface area contributed by atoms with E-state index in [9.17, 15) is 4.39 Å². The predicted octanol–water partition coefficient (Wildman–Crippen LogP) is 3.16. The van der Waals surface area contributed by atoms with Crippen molar-refractivity contribution in [1.82, 2.24) is 4.57 Å². The predicted molar refractivity (Wildman–Crippen MR) is 69.3 cm³/mol. The van der Waals surface area contributed by atoms with Crippen molar-refractivity contribution in [3.8, 4) is 0 Å². The van der Waals surface area contributed by atoms with Crippen LogP contribution in [-0.4, -0.2) is 11.1 Å². The first-order valence-electron chi connectivity index (χ1n) is 5.96. The van der Waals surface area contributed by atoms with Crippen molar-refractivity contribution in [2.45, 2.75) is 26.8 Å². The maximum atomic E-state index is 13.0. The van der Waals surface area contributed by atoms with Gasteiger partial charge in [0, 0.05) is 23.6 Å². The largest absolute Gasteiger partial charge is 0.347 e. The summed E-state index contributed by atoms with van der Waals surface area (Å²) in [5.41, 5.74) is 6.95. The van der Waals surface area contributed by atoms with E-state index in [4.69, 9.17) is 5.73 Å². The minimum absolute atomic E-state index is 0.149. The zero-order valence-electron chi connectivity index (χ0n) is 10.4. The Labute approximate surface area is 101 Å². The maximum absolute atomic E-state index is 13.0. The molecule has 0 aliphatic carbocycles. The number of hydrogen-bond donors (Lipinski definition) is 1. The standard InChI is InChI=1S/C14H19FN2/c1-14(2,10-16)6-8-17-7-5-11-9-12(15)3-4-13(11)17/h3-5,7,9H,6,8,10,16H2,1-2H3. The Morgan fingerprint density at radius 1 is 1.29 bits per heavy atom.